The van der Waals surface area contributed by atoms with Crippen LogP contribution in [-0.4, -0.2) is 35.0 Å². The van der Waals surface area contributed by atoms with Crippen molar-refractivity contribution in [3.8, 4) is 5.75 Å². The minimum absolute atomic E-state index is 0.0311. The first-order valence-electron chi connectivity index (χ1n) is 6.26. The first-order valence-corrected chi connectivity index (χ1v) is 6.26. The van der Waals surface area contributed by atoms with Crippen LogP contribution in [0.5, 0.6) is 5.75 Å². The van der Waals surface area contributed by atoms with E-state index in [0.29, 0.717) is 12.1 Å². The number of aromatic nitrogens is 1. The largest absolute Gasteiger partial charge is 0.506 e. The smallest absolute Gasteiger partial charge is 0.253 e. The minimum atomic E-state index is -0.0311. The summed E-state index contributed by atoms with van der Waals surface area (Å²) < 4.78 is 0. The summed E-state index contributed by atoms with van der Waals surface area (Å²) in [6, 6.07) is 10.7. The highest BCUT2D eigenvalue weighted by molar-refractivity contribution is 5.94. The zero-order valence-electron chi connectivity index (χ0n) is 11.5. The number of amides is 1. The molecule has 0 aliphatic rings. The third-order valence-corrected chi connectivity index (χ3v) is 2.80. The van der Waals surface area contributed by atoms with Gasteiger partial charge in [-0.05, 0) is 30.3 Å². The number of aromatic hydroxyl groups is 1. The summed E-state index contributed by atoms with van der Waals surface area (Å²) in [7, 11) is 3.45. The summed E-state index contributed by atoms with van der Waals surface area (Å²) in [6.07, 6.45) is 1.41. The first-order chi connectivity index (χ1) is 9.56. The van der Waals surface area contributed by atoms with Crippen LogP contribution < -0.4 is 5.32 Å². The summed E-state index contributed by atoms with van der Waals surface area (Å²) in [6.45, 7) is 0.528. The fourth-order valence-electron chi connectivity index (χ4n) is 1.73. The van der Waals surface area contributed by atoms with Crippen LogP contribution in [0.15, 0.2) is 42.6 Å². The average Bonchev–Trinajstić information content (AvgIpc) is 2.46. The molecule has 0 aliphatic carbocycles. The van der Waals surface area contributed by atoms with Crippen molar-refractivity contribution in [3.63, 3.8) is 0 Å². The third-order valence-electron chi connectivity index (χ3n) is 2.80. The average molecular weight is 271 g/mol. The highest BCUT2D eigenvalue weighted by atomic mass is 16.3. The number of hydrogen-bond donors (Lipinski definition) is 2. The summed E-state index contributed by atoms with van der Waals surface area (Å²) in [4.78, 5) is 17.5. The van der Waals surface area contributed by atoms with Crippen molar-refractivity contribution in [3.05, 3.63) is 53.9 Å². The van der Waals surface area contributed by atoms with Crippen molar-refractivity contribution in [2.24, 2.45) is 0 Å². The zero-order valence-corrected chi connectivity index (χ0v) is 11.5. The Balaban J connectivity index is 2.05. The quantitative estimate of drug-likeness (QED) is 0.893. The molecular formula is C15H17N3O2. The van der Waals surface area contributed by atoms with Gasteiger partial charge in [-0.25, -0.2) is 0 Å². The van der Waals surface area contributed by atoms with Gasteiger partial charge >= 0.3 is 0 Å². The number of rotatable bonds is 4. The van der Waals surface area contributed by atoms with E-state index in [-0.39, 0.29) is 11.7 Å². The Hall–Kier alpha value is -2.56. The topological polar surface area (TPSA) is 65.5 Å². The van der Waals surface area contributed by atoms with E-state index in [0.717, 1.165) is 11.4 Å². The van der Waals surface area contributed by atoms with Gasteiger partial charge in [0.2, 0.25) is 0 Å². The maximum Gasteiger partial charge on any atom is 0.253 e. The molecule has 1 heterocycles. The Bertz CT molecular complexity index is 594. The van der Waals surface area contributed by atoms with Crippen LogP contribution in [0.4, 0.5) is 5.69 Å². The predicted molar refractivity (Wildman–Crippen MR) is 77.7 cm³/mol. The van der Waals surface area contributed by atoms with E-state index in [9.17, 15) is 4.79 Å². The Morgan fingerprint density at radius 1 is 1.30 bits per heavy atom. The summed E-state index contributed by atoms with van der Waals surface area (Å²) in [5.74, 6) is 0.115. The number of carbonyl (C=O) groups is 1. The van der Waals surface area contributed by atoms with E-state index >= 15 is 0 Å². The van der Waals surface area contributed by atoms with Crippen LogP contribution in [-0.2, 0) is 6.54 Å². The lowest BCUT2D eigenvalue weighted by Crippen LogP contribution is -2.21. The van der Waals surface area contributed by atoms with Crippen LogP contribution in [0.2, 0.25) is 0 Å². The van der Waals surface area contributed by atoms with Gasteiger partial charge in [0.1, 0.15) is 5.75 Å². The van der Waals surface area contributed by atoms with Gasteiger partial charge in [-0.1, -0.05) is 6.07 Å². The monoisotopic (exact) mass is 271 g/mol. The number of hydrogen-bond acceptors (Lipinski definition) is 4. The Labute approximate surface area is 117 Å². The predicted octanol–water partition coefficient (Wildman–Crippen LogP) is 2.10. The molecule has 0 spiro atoms. The summed E-state index contributed by atoms with van der Waals surface area (Å²) in [5.41, 5.74) is 2.30. The maximum absolute atomic E-state index is 11.9. The second kappa shape index (κ2) is 6.06. The van der Waals surface area contributed by atoms with E-state index in [1.165, 1.54) is 6.20 Å². The number of pyridine rings is 1. The minimum Gasteiger partial charge on any atom is -0.506 e. The number of carbonyl (C=O) groups excluding carboxylic acids is 1. The van der Waals surface area contributed by atoms with Crippen molar-refractivity contribution in [1.29, 1.82) is 0 Å². The highest BCUT2D eigenvalue weighted by Crippen LogP contribution is 2.13. The number of nitrogens with zero attached hydrogens (tertiary/aromatic N) is 2. The van der Waals surface area contributed by atoms with Crippen molar-refractivity contribution >= 4 is 11.6 Å². The van der Waals surface area contributed by atoms with E-state index < -0.39 is 0 Å². The number of anilines is 1. The van der Waals surface area contributed by atoms with Gasteiger partial charge in [0, 0.05) is 25.3 Å². The van der Waals surface area contributed by atoms with E-state index in [1.54, 1.807) is 37.2 Å². The molecule has 5 nitrogen and oxygen atoms in total. The van der Waals surface area contributed by atoms with Crippen molar-refractivity contribution in [1.82, 2.24) is 9.88 Å². The fraction of sp³-hybridized carbons (Fsp3) is 0.200. The van der Waals surface area contributed by atoms with E-state index in [2.05, 4.69) is 10.3 Å². The Morgan fingerprint density at radius 3 is 2.75 bits per heavy atom. The molecule has 2 N–H and O–H groups in total. The third kappa shape index (κ3) is 3.47. The van der Waals surface area contributed by atoms with Gasteiger partial charge in [0.25, 0.3) is 5.91 Å². The molecule has 0 atom stereocenters. The van der Waals surface area contributed by atoms with Gasteiger partial charge in [0.05, 0.1) is 18.4 Å². The molecule has 0 radical (unpaired) electrons. The van der Waals surface area contributed by atoms with Gasteiger partial charge in [0.15, 0.2) is 0 Å². The van der Waals surface area contributed by atoms with Gasteiger partial charge < -0.3 is 15.3 Å². The lowest BCUT2D eigenvalue weighted by Gasteiger charge is -2.12. The van der Waals surface area contributed by atoms with Gasteiger partial charge in [-0.15, -0.1) is 0 Å². The molecule has 0 unspecified atom stereocenters. The summed E-state index contributed by atoms with van der Waals surface area (Å²) >= 11 is 0. The molecule has 0 aliphatic heterocycles. The summed E-state index contributed by atoms with van der Waals surface area (Å²) in [5, 5.41) is 12.4. The standard InChI is InChI=1S/C15H17N3O2/c1-18(2)15(20)11-4-3-5-12(8-11)16-9-13-6-7-14(19)10-17-13/h3-8,10,16,19H,9H2,1-2H3. The highest BCUT2D eigenvalue weighted by Gasteiger charge is 2.07. The first kappa shape index (κ1) is 13.9. The molecular weight excluding hydrogens is 254 g/mol. The molecule has 20 heavy (non-hydrogen) atoms. The van der Waals surface area contributed by atoms with E-state index in [4.69, 9.17) is 5.11 Å². The van der Waals surface area contributed by atoms with Crippen LogP contribution in [0.3, 0.4) is 0 Å². The van der Waals surface area contributed by atoms with Gasteiger partial charge in [-0.2, -0.15) is 0 Å². The van der Waals surface area contributed by atoms with Crippen molar-refractivity contribution in [2.75, 3.05) is 19.4 Å². The molecule has 1 amide bonds. The SMILES string of the molecule is CN(C)C(=O)c1cccc(NCc2ccc(O)cn2)c1. The zero-order chi connectivity index (χ0) is 14.5. The maximum atomic E-state index is 11.9. The van der Waals surface area contributed by atoms with Gasteiger partial charge in [-0.3, -0.25) is 9.78 Å². The lowest BCUT2D eigenvalue weighted by atomic mass is 10.2. The Kier molecular flexibility index (Phi) is 4.20. The van der Waals surface area contributed by atoms with Crippen LogP contribution >= 0.6 is 0 Å². The molecule has 0 bridgehead atoms. The second-order valence-corrected chi connectivity index (χ2v) is 4.64. The normalized spacial score (nSPS) is 10.1. The molecule has 2 rings (SSSR count). The van der Waals surface area contributed by atoms with Crippen LogP contribution in [0.25, 0.3) is 0 Å². The molecule has 5 heteroatoms. The van der Waals surface area contributed by atoms with Crippen molar-refractivity contribution < 1.29 is 9.90 Å². The van der Waals surface area contributed by atoms with E-state index in [1.807, 2.05) is 18.2 Å². The molecule has 0 saturated heterocycles. The molecule has 104 valence electrons. The fourth-order valence-corrected chi connectivity index (χ4v) is 1.73. The molecule has 0 saturated carbocycles. The molecule has 1 aromatic heterocycles. The number of nitrogens with one attached hydrogen (secondary N) is 1. The Morgan fingerprint density at radius 2 is 2.10 bits per heavy atom. The van der Waals surface area contributed by atoms with Crippen molar-refractivity contribution in [2.45, 2.75) is 6.54 Å². The molecule has 2 aromatic rings. The van der Waals surface area contributed by atoms with Crippen LogP contribution in [0, 0.1) is 0 Å². The molecule has 0 fully saturated rings. The second-order valence-electron chi connectivity index (χ2n) is 4.64. The molecule has 1 aromatic carbocycles. The number of benzene rings is 1. The van der Waals surface area contributed by atoms with Crippen LogP contribution in [0.1, 0.15) is 16.1 Å². The lowest BCUT2D eigenvalue weighted by molar-refractivity contribution is 0.0827.